The van der Waals surface area contributed by atoms with Gasteiger partial charge in [0.1, 0.15) is 10.7 Å². The molecule has 5 nitrogen and oxygen atoms in total. The number of carbonyl (C=O) groups excluding carboxylic acids is 2. The van der Waals surface area contributed by atoms with E-state index in [2.05, 4.69) is 15.9 Å². The first kappa shape index (κ1) is 16.4. The summed E-state index contributed by atoms with van der Waals surface area (Å²) >= 11 is 9.33. The lowest BCUT2D eigenvalue weighted by molar-refractivity contribution is 0.0977. The summed E-state index contributed by atoms with van der Waals surface area (Å²) in [5, 5.41) is 9.18. The van der Waals surface area contributed by atoms with Gasteiger partial charge in [-0.05, 0) is 18.2 Å². The van der Waals surface area contributed by atoms with E-state index in [1.54, 1.807) is 24.3 Å². The molecule has 1 N–H and O–H groups in total. The molecule has 0 aromatic heterocycles. The molecular weight excluding hydrogens is 398 g/mol. The topological polar surface area (TPSA) is 74.7 Å². The van der Waals surface area contributed by atoms with Gasteiger partial charge in [0.15, 0.2) is 0 Å². The number of amides is 1. The van der Waals surface area contributed by atoms with E-state index in [0.29, 0.717) is 4.47 Å². The van der Waals surface area contributed by atoms with Gasteiger partial charge in [0.25, 0.3) is 0 Å². The molecule has 0 atom stereocenters. The summed E-state index contributed by atoms with van der Waals surface area (Å²) < 4.78 is 0.623. The Bertz CT molecular complexity index is 922. The van der Waals surface area contributed by atoms with E-state index in [1.807, 2.05) is 0 Å². The third kappa shape index (κ3) is 2.64. The number of anilines is 1. The fraction of sp³-hybridized carbons (Fsp3) is 0. The fourth-order valence-corrected chi connectivity index (χ4v) is 3.14. The van der Waals surface area contributed by atoms with Gasteiger partial charge in [-0.15, -0.1) is 0 Å². The number of Topliss-reactive ketones (excluding diaryl/α,β-unsaturated/α-hetero) is 2. The highest BCUT2D eigenvalue weighted by atomic mass is 79.9. The second-order valence-electron chi connectivity index (χ2n) is 4.96. The van der Waals surface area contributed by atoms with Crippen LogP contribution in [0.3, 0.4) is 0 Å². The van der Waals surface area contributed by atoms with Crippen LogP contribution in [0.2, 0.25) is 0 Å². The number of allylic oxidation sites excluding steroid dienone is 2. The van der Waals surface area contributed by atoms with E-state index < -0.39 is 22.7 Å². The molecule has 120 valence electrons. The lowest BCUT2D eigenvalue weighted by Gasteiger charge is -2.26. The Balaban J connectivity index is 2.22. The van der Waals surface area contributed by atoms with Crippen molar-refractivity contribution in [2.24, 2.45) is 0 Å². The maximum absolute atomic E-state index is 12.8. The molecule has 0 spiro atoms. The monoisotopic (exact) mass is 405 g/mol. The van der Waals surface area contributed by atoms with Crippen LogP contribution in [0.5, 0.6) is 0 Å². The summed E-state index contributed by atoms with van der Waals surface area (Å²) in [5.74, 6) is -1.19. The van der Waals surface area contributed by atoms with Crippen LogP contribution in [-0.4, -0.2) is 22.8 Å². The van der Waals surface area contributed by atoms with Crippen molar-refractivity contribution in [2.45, 2.75) is 0 Å². The highest BCUT2D eigenvalue weighted by Crippen LogP contribution is 2.34. The van der Waals surface area contributed by atoms with Crippen molar-refractivity contribution in [3.8, 4) is 0 Å². The van der Waals surface area contributed by atoms with Crippen molar-refractivity contribution in [1.29, 1.82) is 0 Å². The quantitative estimate of drug-likeness (QED) is 0.799. The molecule has 1 aliphatic carbocycles. The number of nitrogens with zero attached hydrogens (tertiary/aromatic N) is 1. The van der Waals surface area contributed by atoms with Crippen LogP contribution in [0.25, 0.3) is 0 Å². The number of fused-ring (bicyclic) bond motifs is 1. The van der Waals surface area contributed by atoms with E-state index in [4.69, 9.17) is 11.6 Å². The summed E-state index contributed by atoms with van der Waals surface area (Å²) in [4.78, 5) is 37.7. The number of carbonyl (C=O) groups is 3. The largest absolute Gasteiger partial charge is 0.464 e. The number of ketones is 2. The molecule has 1 aliphatic rings. The van der Waals surface area contributed by atoms with Crippen molar-refractivity contribution in [1.82, 2.24) is 0 Å². The van der Waals surface area contributed by atoms with Crippen molar-refractivity contribution in [3.05, 3.63) is 74.9 Å². The normalized spacial score (nSPS) is 13.8. The van der Waals surface area contributed by atoms with Gasteiger partial charge in [0, 0.05) is 15.6 Å². The zero-order valence-electron chi connectivity index (χ0n) is 12.0. The van der Waals surface area contributed by atoms with Gasteiger partial charge in [-0.2, -0.15) is 0 Å². The predicted molar refractivity (Wildman–Crippen MR) is 92.6 cm³/mol. The minimum atomic E-state index is -1.42. The third-order valence-corrected chi connectivity index (χ3v) is 4.36. The first-order valence-electron chi connectivity index (χ1n) is 6.78. The van der Waals surface area contributed by atoms with Gasteiger partial charge in [-0.3, -0.25) is 9.59 Å². The standard InChI is InChI=1S/C17H9BrClNO4/c18-9-4-3-5-10(8-9)20(17(23)24)14-13(19)15(21)11-6-1-2-7-12(11)16(14)22/h1-8H,(H,23,24). The number of hydrogen-bond acceptors (Lipinski definition) is 3. The summed E-state index contributed by atoms with van der Waals surface area (Å²) in [5.41, 5.74) is 0.121. The highest BCUT2D eigenvalue weighted by molar-refractivity contribution is 9.10. The lowest BCUT2D eigenvalue weighted by atomic mass is 9.92. The summed E-state index contributed by atoms with van der Waals surface area (Å²) in [6.45, 7) is 0. The van der Waals surface area contributed by atoms with Crippen LogP contribution in [0.4, 0.5) is 10.5 Å². The number of benzene rings is 2. The first-order valence-corrected chi connectivity index (χ1v) is 7.95. The summed E-state index contributed by atoms with van der Waals surface area (Å²) in [6.07, 6.45) is -1.42. The second kappa shape index (κ2) is 6.22. The number of halogens is 2. The molecule has 0 aliphatic heterocycles. The molecular formula is C17H9BrClNO4. The lowest BCUT2D eigenvalue weighted by Crippen LogP contribution is -2.36. The maximum Gasteiger partial charge on any atom is 0.416 e. The Hall–Kier alpha value is -2.44. The molecule has 24 heavy (non-hydrogen) atoms. The molecule has 0 unspecified atom stereocenters. The number of carboxylic acid groups (broad SMARTS) is 1. The van der Waals surface area contributed by atoms with Crippen LogP contribution in [0.1, 0.15) is 20.7 Å². The highest BCUT2D eigenvalue weighted by Gasteiger charge is 2.37. The van der Waals surface area contributed by atoms with E-state index in [-0.39, 0.29) is 22.5 Å². The van der Waals surface area contributed by atoms with E-state index in [9.17, 15) is 19.5 Å². The molecule has 0 saturated carbocycles. The minimum absolute atomic E-state index is 0.128. The van der Waals surface area contributed by atoms with Gasteiger partial charge in [-0.25, -0.2) is 9.69 Å². The predicted octanol–water partition coefficient (Wildman–Crippen LogP) is 4.46. The Morgan fingerprint density at radius 3 is 2.21 bits per heavy atom. The van der Waals surface area contributed by atoms with Gasteiger partial charge in [0.05, 0.1) is 5.69 Å². The first-order chi connectivity index (χ1) is 11.4. The molecule has 0 fully saturated rings. The molecule has 2 aromatic rings. The SMILES string of the molecule is O=C1C(Cl)=C(N(C(=O)O)c2cccc(Br)c2)C(=O)c2ccccc21. The van der Waals surface area contributed by atoms with Crippen LogP contribution >= 0.6 is 27.5 Å². The van der Waals surface area contributed by atoms with E-state index in [0.717, 1.165) is 4.90 Å². The Kier molecular flexibility index (Phi) is 4.26. The average molecular weight is 407 g/mol. The Morgan fingerprint density at radius 2 is 1.62 bits per heavy atom. The van der Waals surface area contributed by atoms with Crippen LogP contribution < -0.4 is 4.90 Å². The van der Waals surface area contributed by atoms with Crippen molar-refractivity contribution in [2.75, 3.05) is 4.90 Å². The van der Waals surface area contributed by atoms with Crippen LogP contribution in [0.15, 0.2) is 63.7 Å². The van der Waals surface area contributed by atoms with Crippen molar-refractivity contribution in [3.63, 3.8) is 0 Å². The van der Waals surface area contributed by atoms with Gasteiger partial charge in [-0.1, -0.05) is 57.9 Å². The summed E-state index contributed by atoms with van der Waals surface area (Å²) in [7, 11) is 0. The fourth-order valence-electron chi connectivity index (χ4n) is 2.48. The smallest absolute Gasteiger partial charge is 0.416 e. The van der Waals surface area contributed by atoms with Gasteiger partial charge < -0.3 is 5.11 Å². The van der Waals surface area contributed by atoms with Crippen LogP contribution in [-0.2, 0) is 0 Å². The van der Waals surface area contributed by atoms with Crippen molar-refractivity contribution >= 4 is 50.9 Å². The molecule has 7 heteroatoms. The van der Waals surface area contributed by atoms with Crippen molar-refractivity contribution < 1.29 is 19.5 Å². The van der Waals surface area contributed by atoms with Crippen LogP contribution in [0, 0.1) is 0 Å². The molecule has 0 heterocycles. The molecule has 0 saturated heterocycles. The average Bonchev–Trinajstić information content (AvgIpc) is 2.56. The Labute approximate surface area is 150 Å². The van der Waals surface area contributed by atoms with Gasteiger partial charge in [0.2, 0.25) is 11.6 Å². The summed E-state index contributed by atoms with van der Waals surface area (Å²) in [6, 6.07) is 12.5. The second-order valence-corrected chi connectivity index (χ2v) is 6.26. The zero-order valence-corrected chi connectivity index (χ0v) is 14.3. The van der Waals surface area contributed by atoms with E-state index in [1.165, 1.54) is 24.3 Å². The molecule has 0 radical (unpaired) electrons. The maximum atomic E-state index is 12.8. The van der Waals surface area contributed by atoms with E-state index >= 15 is 0 Å². The number of rotatable bonds is 2. The van der Waals surface area contributed by atoms with Gasteiger partial charge >= 0.3 is 6.09 Å². The molecule has 0 bridgehead atoms. The third-order valence-electron chi connectivity index (χ3n) is 3.52. The zero-order chi connectivity index (χ0) is 17.4. The minimum Gasteiger partial charge on any atom is -0.464 e. The molecule has 2 aromatic carbocycles. The molecule has 3 rings (SSSR count). The number of hydrogen-bond donors (Lipinski definition) is 1. The molecule has 1 amide bonds. The Morgan fingerprint density at radius 1 is 1.00 bits per heavy atom.